The Hall–Kier alpha value is -1.60. The standard InChI is InChI=1S/C13H9BrF2N2OS/c14-11-7(13(17)18-19)5-6-10(12(11)16)20-9-4-2-1-3-8(9)15/h1-6,19H,(H2,17,18). The van der Waals surface area contributed by atoms with E-state index in [9.17, 15) is 8.78 Å². The number of rotatable bonds is 3. The summed E-state index contributed by atoms with van der Waals surface area (Å²) in [5.41, 5.74) is 5.65. The van der Waals surface area contributed by atoms with Crippen LogP contribution in [0.1, 0.15) is 5.56 Å². The molecule has 0 saturated heterocycles. The lowest BCUT2D eigenvalue weighted by Crippen LogP contribution is -2.14. The Bertz CT molecular complexity index is 679. The third kappa shape index (κ3) is 2.94. The Labute approximate surface area is 126 Å². The Morgan fingerprint density at radius 3 is 2.50 bits per heavy atom. The lowest BCUT2D eigenvalue weighted by atomic mass is 10.2. The van der Waals surface area contributed by atoms with Crippen molar-refractivity contribution < 1.29 is 14.0 Å². The van der Waals surface area contributed by atoms with Crippen molar-refractivity contribution in [2.45, 2.75) is 9.79 Å². The quantitative estimate of drug-likeness (QED) is 0.377. The molecule has 0 saturated carbocycles. The van der Waals surface area contributed by atoms with Gasteiger partial charge in [0.05, 0.1) is 4.47 Å². The van der Waals surface area contributed by atoms with Crippen LogP contribution >= 0.6 is 27.7 Å². The molecule has 0 aromatic heterocycles. The Balaban J connectivity index is 2.40. The molecule has 2 rings (SSSR count). The van der Waals surface area contributed by atoms with Gasteiger partial charge in [-0.05, 0) is 40.2 Å². The molecule has 0 aliphatic rings. The molecule has 3 nitrogen and oxygen atoms in total. The van der Waals surface area contributed by atoms with E-state index >= 15 is 0 Å². The molecule has 0 atom stereocenters. The summed E-state index contributed by atoms with van der Waals surface area (Å²) in [6, 6.07) is 9.04. The molecule has 0 radical (unpaired) electrons. The minimum Gasteiger partial charge on any atom is -0.409 e. The zero-order chi connectivity index (χ0) is 14.7. The fourth-order valence-electron chi connectivity index (χ4n) is 1.51. The normalized spacial score (nSPS) is 11.7. The molecule has 20 heavy (non-hydrogen) atoms. The van der Waals surface area contributed by atoms with E-state index < -0.39 is 11.6 Å². The van der Waals surface area contributed by atoms with Gasteiger partial charge < -0.3 is 10.9 Å². The SMILES string of the molecule is N/C(=N/O)c1ccc(Sc2ccccc2F)c(F)c1Br. The molecule has 0 fully saturated rings. The van der Waals surface area contributed by atoms with E-state index in [-0.39, 0.29) is 20.8 Å². The summed E-state index contributed by atoms with van der Waals surface area (Å²) in [6.07, 6.45) is 0. The summed E-state index contributed by atoms with van der Waals surface area (Å²) >= 11 is 4.01. The fraction of sp³-hybridized carbons (Fsp3) is 0. The van der Waals surface area contributed by atoms with Gasteiger partial charge in [0.25, 0.3) is 0 Å². The number of amidine groups is 1. The van der Waals surface area contributed by atoms with E-state index in [0.717, 1.165) is 11.8 Å². The zero-order valence-corrected chi connectivity index (χ0v) is 12.4. The molecular weight excluding hydrogens is 350 g/mol. The van der Waals surface area contributed by atoms with E-state index in [0.29, 0.717) is 4.90 Å². The number of nitrogens with zero attached hydrogens (tertiary/aromatic N) is 1. The van der Waals surface area contributed by atoms with Gasteiger partial charge in [-0.1, -0.05) is 29.1 Å². The van der Waals surface area contributed by atoms with Gasteiger partial charge in [0.2, 0.25) is 0 Å². The second-order valence-corrected chi connectivity index (χ2v) is 5.63. The van der Waals surface area contributed by atoms with Crippen molar-refractivity contribution in [1.82, 2.24) is 0 Å². The molecule has 2 aromatic carbocycles. The summed E-state index contributed by atoms with van der Waals surface area (Å²) < 4.78 is 27.8. The van der Waals surface area contributed by atoms with Crippen molar-refractivity contribution in [2.75, 3.05) is 0 Å². The van der Waals surface area contributed by atoms with Crippen LogP contribution in [-0.4, -0.2) is 11.0 Å². The largest absolute Gasteiger partial charge is 0.409 e. The van der Waals surface area contributed by atoms with Crippen LogP contribution in [-0.2, 0) is 0 Å². The Morgan fingerprint density at radius 1 is 1.15 bits per heavy atom. The molecule has 0 unspecified atom stereocenters. The van der Waals surface area contributed by atoms with Crippen LogP contribution in [0, 0.1) is 11.6 Å². The van der Waals surface area contributed by atoms with E-state index in [1.165, 1.54) is 18.2 Å². The molecule has 104 valence electrons. The van der Waals surface area contributed by atoms with Crippen LogP contribution in [0.15, 0.2) is 55.8 Å². The average Bonchev–Trinajstić information content (AvgIpc) is 2.45. The van der Waals surface area contributed by atoms with Crippen molar-refractivity contribution in [1.29, 1.82) is 0 Å². The van der Waals surface area contributed by atoms with E-state index in [2.05, 4.69) is 21.1 Å². The Morgan fingerprint density at radius 2 is 1.85 bits per heavy atom. The molecule has 3 N–H and O–H groups in total. The smallest absolute Gasteiger partial charge is 0.171 e. The van der Waals surface area contributed by atoms with Crippen molar-refractivity contribution in [3.63, 3.8) is 0 Å². The van der Waals surface area contributed by atoms with Crippen LogP contribution in [0.25, 0.3) is 0 Å². The monoisotopic (exact) mass is 358 g/mol. The third-order valence-electron chi connectivity index (χ3n) is 2.49. The number of hydrogen-bond donors (Lipinski definition) is 2. The van der Waals surface area contributed by atoms with Crippen molar-refractivity contribution in [3.05, 3.63) is 58.1 Å². The van der Waals surface area contributed by atoms with Crippen LogP contribution in [0.4, 0.5) is 8.78 Å². The third-order valence-corrected chi connectivity index (χ3v) is 4.35. The summed E-state index contributed by atoms with van der Waals surface area (Å²) in [5, 5.41) is 11.4. The number of nitrogens with two attached hydrogens (primary N) is 1. The highest BCUT2D eigenvalue weighted by Gasteiger charge is 2.15. The molecule has 0 amide bonds. The lowest BCUT2D eigenvalue weighted by molar-refractivity contribution is 0.318. The minimum atomic E-state index is -0.595. The van der Waals surface area contributed by atoms with E-state index in [1.54, 1.807) is 18.2 Å². The first-order valence-electron chi connectivity index (χ1n) is 5.43. The first kappa shape index (κ1) is 14.8. The maximum atomic E-state index is 14.2. The molecule has 2 aromatic rings. The van der Waals surface area contributed by atoms with Crippen LogP contribution in [0.3, 0.4) is 0 Å². The number of benzene rings is 2. The molecule has 0 aliphatic carbocycles. The highest BCUT2D eigenvalue weighted by Crippen LogP contribution is 2.35. The molecule has 0 bridgehead atoms. The van der Waals surface area contributed by atoms with Crippen molar-refractivity contribution in [2.24, 2.45) is 10.9 Å². The van der Waals surface area contributed by atoms with Crippen LogP contribution in [0.2, 0.25) is 0 Å². The van der Waals surface area contributed by atoms with Gasteiger partial charge in [0.1, 0.15) is 5.82 Å². The summed E-state index contributed by atoms with van der Waals surface area (Å²) in [4.78, 5) is 0.548. The summed E-state index contributed by atoms with van der Waals surface area (Å²) in [5.74, 6) is -1.23. The predicted molar refractivity (Wildman–Crippen MR) is 77.1 cm³/mol. The van der Waals surface area contributed by atoms with Crippen LogP contribution < -0.4 is 5.73 Å². The first-order valence-corrected chi connectivity index (χ1v) is 7.04. The highest BCUT2D eigenvalue weighted by atomic mass is 79.9. The maximum absolute atomic E-state index is 14.2. The zero-order valence-electron chi connectivity index (χ0n) is 9.98. The fourth-order valence-corrected chi connectivity index (χ4v) is 3.07. The average molecular weight is 359 g/mol. The van der Waals surface area contributed by atoms with Gasteiger partial charge in [0.15, 0.2) is 11.7 Å². The molecule has 0 heterocycles. The molecular formula is C13H9BrF2N2OS. The van der Waals surface area contributed by atoms with Gasteiger partial charge in [0, 0.05) is 15.4 Å². The number of oxime groups is 1. The van der Waals surface area contributed by atoms with Gasteiger partial charge in [-0.25, -0.2) is 8.78 Å². The van der Waals surface area contributed by atoms with Gasteiger partial charge in [-0.15, -0.1) is 0 Å². The second-order valence-electron chi connectivity index (χ2n) is 3.76. The van der Waals surface area contributed by atoms with Gasteiger partial charge in [-0.3, -0.25) is 0 Å². The van der Waals surface area contributed by atoms with E-state index in [1.807, 2.05) is 0 Å². The summed E-state index contributed by atoms with van der Waals surface area (Å²) in [7, 11) is 0. The van der Waals surface area contributed by atoms with Crippen molar-refractivity contribution in [3.8, 4) is 0 Å². The first-order chi connectivity index (χ1) is 9.54. The van der Waals surface area contributed by atoms with E-state index in [4.69, 9.17) is 10.9 Å². The Kier molecular flexibility index (Phi) is 4.61. The van der Waals surface area contributed by atoms with Gasteiger partial charge >= 0.3 is 0 Å². The second kappa shape index (κ2) is 6.23. The number of halogens is 3. The minimum absolute atomic E-state index is 0.0640. The van der Waals surface area contributed by atoms with Crippen LogP contribution in [0.5, 0.6) is 0 Å². The van der Waals surface area contributed by atoms with Gasteiger partial charge in [-0.2, -0.15) is 0 Å². The molecule has 7 heteroatoms. The lowest BCUT2D eigenvalue weighted by Gasteiger charge is -2.09. The molecule has 0 aliphatic heterocycles. The maximum Gasteiger partial charge on any atom is 0.171 e. The topological polar surface area (TPSA) is 58.6 Å². The predicted octanol–water partition coefficient (Wildman–Crippen LogP) is 3.97. The number of hydrogen-bond acceptors (Lipinski definition) is 3. The summed E-state index contributed by atoms with van der Waals surface area (Å²) in [6.45, 7) is 0. The highest BCUT2D eigenvalue weighted by molar-refractivity contribution is 9.10. The molecule has 0 spiro atoms. The van der Waals surface area contributed by atoms with Crippen molar-refractivity contribution >= 4 is 33.5 Å².